The molecule has 0 aliphatic carbocycles. The minimum Gasteiger partial charge on any atom is -0.493 e. The molecule has 2 rings (SSSR count). The van der Waals surface area contributed by atoms with Crippen molar-refractivity contribution in [2.45, 2.75) is 0 Å². The predicted octanol–water partition coefficient (Wildman–Crippen LogP) is 2.34. The van der Waals surface area contributed by atoms with E-state index in [0.29, 0.717) is 6.61 Å². The zero-order valence-corrected chi connectivity index (χ0v) is 8.54. The van der Waals surface area contributed by atoms with Crippen LogP contribution >= 0.6 is 15.9 Å². The van der Waals surface area contributed by atoms with Crippen molar-refractivity contribution >= 4 is 26.8 Å². The van der Waals surface area contributed by atoms with Crippen LogP contribution in [0.2, 0.25) is 0 Å². The van der Waals surface area contributed by atoms with E-state index >= 15 is 0 Å². The standard InChI is InChI=1S/C9H9BrN2O/c10-3-4-13-8-1-2-9-7(5-8)6-11-12-9/h1-2,5-6H,3-4H2,(H,11,12). The van der Waals surface area contributed by atoms with Gasteiger partial charge in [-0.25, -0.2) is 0 Å². The number of rotatable bonds is 3. The number of hydrogen-bond donors (Lipinski definition) is 1. The molecule has 4 heteroatoms. The minimum atomic E-state index is 0.684. The molecule has 68 valence electrons. The summed E-state index contributed by atoms with van der Waals surface area (Å²) in [6, 6.07) is 5.87. The largest absolute Gasteiger partial charge is 0.493 e. The fourth-order valence-corrected chi connectivity index (χ4v) is 1.33. The molecular formula is C9H9BrN2O. The summed E-state index contributed by atoms with van der Waals surface area (Å²) in [5, 5.41) is 8.74. The van der Waals surface area contributed by atoms with Crippen LogP contribution in [0.1, 0.15) is 0 Å². The van der Waals surface area contributed by atoms with E-state index in [4.69, 9.17) is 4.74 Å². The van der Waals surface area contributed by atoms with Crippen molar-refractivity contribution in [2.75, 3.05) is 11.9 Å². The number of ether oxygens (including phenoxy) is 1. The first-order valence-electron chi connectivity index (χ1n) is 4.02. The van der Waals surface area contributed by atoms with Gasteiger partial charge in [0.05, 0.1) is 18.3 Å². The SMILES string of the molecule is BrCCOc1ccc2[nH]ncc2c1. The molecule has 0 fully saturated rings. The molecule has 1 N–H and O–H groups in total. The van der Waals surface area contributed by atoms with E-state index in [1.807, 2.05) is 18.2 Å². The zero-order valence-electron chi connectivity index (χ0n) is 6.96. The molecule has 0 spiro atoms. The Hall–Kier alpha value is -1.03. The second-order valence-corrected chi connectivity index (χ2v) is 3.45. The number of aromatic nitrogens is 2. The summed E-state index contributed by atoms with van der Waals surface area (Å²) in [6.07, 6.45) is 1.79. The Balaban J connectivity index is 2.26. The average Bonchev–Trinajstić information content (AvgIpc) is 2.61. The van der Waals surface area contributed by atoms with Gasteiger partial charge in [-0.3, -0.25) is 5.10 Å². The summed E-state index contributed by atoms with van der Waals surface area (Å²) in [6.45, 7) is 0.684. The lowest BCUT2D eigenvalue weighted by Crippen LogP contribution is -1.96. The zero-order chi connectivity index (χ0) is 9.10. The fourth-order valence-electron chi connectivity index (χ4n) is 1.17. The number of nitrogens with zero attached hydrogens (tertiary/aromatic N) is 1. The summed E-state index contributed by atoms with van der Waals surface area (Å²) < 4.78 is 5.44. The van der Waals surface area contributed by atoms with Crippen molar-refractivity contribution in [3.05, 3.63) is 24.4 Å². The van der Waals surface area contributed by atoms with Gasteiger partial charge in [0.15, 0.2) is 0 Å². The highest BCUT2D eigenvalue weighted by atomic mass is 79.9. The smallest absolute Gasteiger partial charge is 0.120 e. The third kappa shape index (κ3) is 1.83. The van der Waals surface area contributed by atoms with Gasteiger partial charge in [-0.1, -0.05) is 15.9 Å². The van der Waals surface area contributed by atoms with Gasteiger partial charge in [0, 0.05) is 10.7 Å². The van der Waals surface area contributed by atoms with E-state index in [2.05, 4.69) is 26.1 Å². The highest BCUT2D eigenvalue weighted by molar-refractivity contribution is 9.09. The summed E-state index contributed by atoms with van der Waals surface area (Å²) in [5.41, 5.74) is 1.03. The maximum atomic E-state index is 5.44. The van der Waals surface area contributed by atoms with Crippen LogP contribution in [0.3, 0.4) is 0 Å². The van der Waals surface area contributed by atoms with Crippen LogP contribution < -0.4 is 4.74 Å². The molecule has 1 heterocycles. The molecule has 0 saturated heterocycles. The Morgan fingerprint density at radius 2 is 2.38 bits per heavy atom. The maximum absolute atomic E-state index is 5.44. The molecule has 0 bridgehead atoms. The quantitative estimate of drug-likeness (QED) is 0.837. The molecule has 3 nitrogen and oxygen atoms in total. The van der Waals surface area contributed by atoms with Crippen molar-refractivity contribution < 1.29 is 4.74 Å². The number of nitrogens with one attached hydrogen (secondary N) is 1. The number of aromatic amines is 1. The molecule has 0 aliphatic rings. The molecule has 0 aliphatic heterocycles. The Bertz CT molecular complexity index is 399. The average molecular weight is 241 g/mol. The van der Waals surface area contributed by atoms with Crippen LogP contribution in [0.15, 0.2) is 24.4 Å². The summed E-state index contributed by atoms with van der Waals surface area (Å²) >= 11 is 3.31. The number of H-pyrrole nitrogens is 1. The lowest BCUT2D eigenvalue weighted by atomic mass is 10.2. The topological polar surface area (TPSA) is 37.9 Å². The van der Waals surface area contributed by atoms with Crippen molar-refractivity contribution in [2.24, 2.45) is 0 Å². The minimum absolute atomic E-state index is 0.684. The molecule has 13 heavy (non-hydrogen) atoms. The molecule has 1 aromatic carbocycles. The molecule has 0 radical (unpaired) electrons. The first-order valence-corrected chi connectivity index (χ1v) is 5.14. The Labute approximate surface area is 84.2 Å². The summed E-state index contributed by atoms with van der Waals surface area (Å²) in [7, 11) is 0. The van der Waals surface area contributed by atoms with E-state index in [-0.39, 0.29) is 0 Å². The lowest BCUT2D eigenvalue weighted by molar-refractivity contribution is 0.345. The van der Waals surface area contributed by atoms with Crippen LogP contribution in [0.4, 0.5) is 0 Å². The molecule has 0 amide bonds. The van der Waals surface area contributed by atoms with Crippen LogP contribution in [-0.4, -0.2) is 22.1 Å². The Kier molecular flexibility index (Phi) is 2.49. The van der Waals surface area contributed by atoms with Gasteiger partial charge in [0.2, 0.25) is 0 Å². The van der Waals surface area contributed by atoms with Gasteiger partial charge in [-0.2, -0.15) is 5.10 Å². The molecule has 0 saturated carbocycles. The number of hydrogen-bond acceptors (Lipinski definition) is 2. The van der Waals surface area contributed by atoms with Crippen LogP contribution in [0, 0.1) is 0 Å². The second-order valence-electron chi connectivity index (χ2n) is 2.66. The van der Waals surface area contributed by atoms with E-state index < -0.39 is 0 Å². The van der Waals surface area contributed by atoms with Gasteiger partial charge in [-0.15, -0.1) is 0 Å². The van der Waals surface area contributed by atoms with E-state index in [9.17, 15) is 0 Å². The van der Waals surface area contributed by atoms with Crippen LogP contribution in [0.25, 0.3) is 10.9 Å². The van der Waals surface area contributed by atoms with E-state index in [0.717, 1.165) is 22.0 Å². The molecule has 0 atom stereocenters. The maximum Gasteiger partial charge on any atom is 0.120 e. The van der Waals surface area contributed by atoms with Crippen molar-refractivity contribution in [3.63, 3.8) is 0 Å². The van der Waals surface area contributed by atoms with Crippen molar-refractivity contribution in [3.8, 4) is 5.75 Å². The fraction of sp³-hybridized carbons (Fsp3) is 0.222. The first kappa shape index (κ1) is 8.56. The summed E-state index contributed by atoms with van der Waals surface area (Å²) in [5.74, 6) is 0.883. The van der Waals surface area contributed by atoms with Crippen LogP contribution in [-0.2, 0) is 0 Å². The molecule has 1 aromatic heterocycles. The number of benzene rings is 1. The molecule has 2 aromatic rings. The number of alkyl halides is 1. The Morgan fingerprint density at radius 3 is 3.23 bits per heavy atom. The highest BCUT2D eigenvalue weighted by Crippen LogP contribution is 2.18. The molecule has 0 unspecified atom stereocenters. The van der Waals surface area contributed by atoms with Crippen molar-refractivity contribution in [1.82, 2.24) is 10.2 Å². The Morgan fingerprint density at radius 1 is 1.46 bits per heavy atom. The van der Waals surface area contributed by atoms with E-state index in [1.165, 1.54) is 0 Å². The second kappa shape index (κ2) is 3.79. The third-order valence-electron chi connectivity index (χ3n) is 1.76. The number of halogens is 1. The normalized spacial score (nSPS) is 10.5. The highest BCUT2D eigenvalue weighted by Gasteiger charge is 1.97. The summed E-state index contributed by atoms with van der Waals surface area (Å²) in [4.78, 5) is 0. The van der Waals surface area contributed by atoms with Crippen LogP contribution in [0.5, 0.6) is 5.75 Å². The van der Waals surface area contributed by atoms with E-state index in [1.54, 1.807) is 6.20 Å². The van der Waals surface area contributed by atoms with Gasteiger partial charge < -0.3 is 4.74 Å². The van der Waals surface area contributed by atoms with Gasteiger partial charge in [-0.05, 0) is 18.2 Å². The predicted molar refractivity (Wildman–Crippen MR) is 55.4 cm³/mol. The first-order chi connectivity index (χ1) is 6.40. The number of fused-ring (bicyclic) bond motifs is 1. The van der Waals surface area contributed by atoms with Gasteiger partial charge >= 0.3 is 0 Å². The lowest BCUT2D eigenvalue weighted by Gasteiger charge is -2.02. The van der Waals surface area contributed by atoms with Crippen molar-refractivity contribution in [1.29, 1.82) is 0 Å². The molecular weight excluding hydrogens is 232 g/mol. The monoisotopic (exact) mass is 240 g/mol. The van der Waals surface area contributed by atoms with Gasteiger partial charge in [0.25, 0.3) is 0 Å². The van der Waals surface area contributed by atoms with Gasteiger partial charge in [0.1, 0.15) is 5.75 Å². The third-order valence-corrected chi connectivity index (χ3v) is 2.08.